The van der Waals surface area contributed by atoms with Crippen LogP contribution in [0.1, 0.15) is 0 Å². The van der Waals surface area contributed by atoms with E-state index in [2.05, 4.69) is 26.1 Å². The van der Waals surface area contributed by atoms with E-state index in [0.717, 1.165) is 15.7 Å². The number of nitrogen functional groups attached to an aromatic ring is 2. The summed E-state index contributed by atoms with van der Waals surface area (Å²) in [4.78, 5) is 0. The van der Waals surface area contributed by atoms with Gasteiger partial charge >= 0.3 is 0 Å². The van der Waals surface area contributed by atoms with Crippen LogP contribution in [0.15, 0.2) is 28.7 Å². The van der Waals surface area contributed by atoms with Crippen molar-refractivity contribution < 1.29 is 0 Å². The Kier molecular flexibility index (Phi) is 2.17. The van der Waals surface area contributed by atoms with Crippen molar-refractivity contribution >= 4 is 27.4 Å². The molecule has 0 aliphatic carbocycles. The van der Waals surface area contributed by atoms with E-state index in [1.165, 1.54) is 0 Å². The molecule has 72 valence electrons. The Morgan fingerprint density at radius 1 is 1.29 bits per heavy atom. The van der Waals surface area contributed by atoms with Crippen molar-refractivity contribution in [2.24, 2.45) is 0 Å². The van der Waals surface area contributed by atoms with Crippen LogP contribution in [0.25, 0.3) is 11.3 Å². The van der Waals surface area contributed by atoms with Crippen LogP contribution in [0, 0.1) is 0 Å². The normalized spacial score (nSPS) is 10.4. The van der Waals surface area contributed by atoms with E-state index in [-0.39, 0.29) is 0 Å². The van der Waals surface area contributed by atoms with Crippen LogP contribution in [0.5, 0.6) is 0 Å². The second kappa shape index (κ2) is 3.34. The molecule has 4 nitrogen and oxygen atoms in total. The van der Waals surface area contributed by atoms with Crippen LogP contribution in [0.4, 0.5) is 11.5 Å². The summed E-state index contributed by atoms with van der Waals surface area (Å²) in [5.74, 6) is 0.333. The average molecular weight is 253 g/mol. The van der Waals surface area contributed by atoms with E-state index < -0.39 is 0 Å². The highest BCUT2D eigenvalue weighted by molar-refractivity contribution is 9.10. The largest absolute Gasteiger partial charge is 0.394 e. The van der Waals surface area contributed by atoms with Gasteiger partial charge in [-0.1, -0.05) is 28.1 Å². The van der Waals surface area contributed by atoms with Gasteiger partial charge in [0.2, 0.25) is 0 Å². The summed E-state index contributed by atoms with van der Waals surface area (Å²) in [6, 6.07) is 7.76. The Morgan fingerprint density at radius 2 is 2.07 bits per heavy atom. The molecule has 0 atom stereocenters. The number of aromatic amines is 1. The molecular formula is C9H9BrN4. The molecule has 5 heteroatoms. The van der Waals surface area contributed by atoms with Crippen molar-refractivity contribution in [1.29, 1.82) is 0 Å². The molecule has 0 aliphatic heterocycles. The van der Waals surface area contributed by atoms with Gasteiger partial charge in [0, 0.05) is 10.0 Å². The molecule has 0 aliphatic rings. The molecule has 1 heterocycles. The quantitative estimate of drug-likeness (QED) is 0.727. The van der Waals surface area contributed by atoms with Gasteiger partial charge in [0.25, 0.3) is 0 Å². The molecule has 0 bridgehead atoms. The summed E-state index contributed by atoms with van der Waals surface area (Å²) in [6.07, 6.45) is 0. The lowest BCUT2D eigenvalue weighted by molar-refractivity contribution is 1.10. The van der Waals surface area contributed by atoms with Crippen molar-refractivity contribution in [2.75, 3.05) is 11.5 Å². The molecule has 5 N–H and O–H groups in total. The Bertz CT molecular complexity index is 464. The zero-order valence-corrected chi connectivity index (χ0v) is 8.88. The molecule has 0 radical (unpaired) electrons. The number of hydrogen-bond donors (Lipinski definition) is 3. The molecule has 0 spiro atoms. The minimum absolute atomic E-state index is 0.333. The van der Waals surface area contributed by atoms with Gasteiger partial charge in [-0.15, -0.1) is 0 Å². The summed E-state index contributed by atoms with van der Waals surface area (Å²) in [7, 11) is 0. The van der Waals surface area contributed by atoms with E-state index >= 15 is 0 Å². The Labute approximate surface area is 89.4 Å². The lowest BCUT2D eigenvalue weighted by Crippen LogP contribution is -1.92. The lowest BCUT2D eigenvalue weighted by atomic mass is 10.1. The van der Waals surface area contributed by atoms with Crippen molar-refractivity contribution in [3.05, 3.63) is 28.7 Å². The van der Waals surface area contributed by atoms with Crippen molar-refractivity contribution in [3.63, 3.8) is 0 Å². The molecule has 2 rings (SSSR count). The highest BCUT2D eigenvalue weighted by Crippen LogP contribution is 2.28. The van der Waals surface area contributed by atoms with Crippen molar-refractivity contribution in [2.45, 2.75) is 0 Å². The summed E-state index contributed by atoms with van der Waals surface area (Å²) in [5.41, 5.74) is 13.5. The second-order valence-corrected chi connectivity index (χ2v) is 3.82. The maximum absolute atomic E-state index is 5.75. The maximum Gasteiger partial charge on any atom is 0.169 e. The smallest absolute Gasteiger partial charge is 0.169 e. The third-order valence-corrected chi connectivity index (χ3v) is 2.44. The summed E-state index contributed by atoms with van der Waals surface area (Å²) >= 11 is 3.38. The number of hydrogen-bond acceptors (Lipinski definition) is 3. The number of benzene rings is 1. The van der Waals surface area contributed by atoms with Crippen molar-refractivity contribution in [1.82, 2.24) is 10.2 Å². The van der Waals surface area contributed by atoms with E-state index in [1.807, 2.05) is 24.3 Å². The second-order valence-electron chi connectivity index (χ2n) is 2.91. The number of rotatable bonds is 1. The van der Waals surface area contributed by atoms with Crippen LogP contribution in [0.3, 0.4) is 0 Å². The topological polar surface area (TPSA) is 80.7 Å². The molecule has 0 unspecified atom stereocenters. The molecule has 0 fully saturated rings. The van der Waals surface area contributed by atoms with Gasteiger partial charge in [0.15, 0.2) is 5.82 Å². The number of halogens is 1. The fourth-order valence-electron chi connectivity index (χ4n) is 1.23. The summed E-state index contributed by atoms with van der Waals surface area (Å²) in [6.45, 7) is 0. The van der Waals surface area contributed by atoms with Gasteiger partial charge in [-0.25, -0.2) is 0 Å². The number of H-pyrrole nitrogens is 1. The predicted molar refractivity (Wildman–Crippen MR) is 60.5 cm³/mol. The minimum atomic E-state index is 0.333. The maximum atomic E-state index is 5.75. The molecule has 14 heavy (non-hydrogen) atoms. The third-order valence-electron chi connectivity index (χ3n) is 1.95. The van der Waals surface area contributed by atoms with Gasteiger partial charge in [0.05, 0.1) is 5.69 Å². The highest BCUT2D eigenvalue weighted by Gasteiger charge is 2.08. The fraction of sp³-hybridized carbons (Fsp3) is 0. The highest BCUT2D eigenvalue weighted by atomic mass is 79.9. The monoisotopic (exact) mass is 252 g/mol. The van der Waals surface area contributed by atoms with E-state index in [4.69, 9.17) is 11.5 Å². The Hall–Kier alpha value is -1.49. The summed E-state index contributed by atoms with van der Waals surface area (Å²) < 4.78 is 0.988. The standard InChI is InChI=1S/C9H9BrN4/c10-6-3-1-2-5(4-6)8-7(11)9(12)14-13-8/h1-4H,11H2,(H3,12,13,14). The van der Waals surface area contributed by atoms with Gasteiger partial charge in [-0.05, 0) is 12.1 Å². The first-order valence-corrected chi connectivity index (χ1v) is 4.83. The van der Waals surface area contributed by atoms with Crippen LogP contribution >= 0.6 is 15.9 Å². The van der Waals surface area contributed by atoms with E-state index in [0.29, 0.717) is 11.5 Å². The molecular weight excluding hydrogens is 244 g/mol. The average Bonchev–Trinajstić information content (AvgIpc) is 2.48. The third kappa shape index (κ3) is 1.46. The van der Waals surface area contributed by atoms with E-state index in [1.54, 1.807) is 0 Å². The first-order chi connectivity index (χ1) is 6.68. The summed E-state index contributed by atoms with van der Waals surface area (Å²) in [5, 5.41) is 6.63. The minimum Gasteiger partial charge on any atom is -0.394 e. The molecule has 0 saturated heterocycles. The number of anilines is 2. The molecule has 0 saturated carbocycles. The molecule has 2 aromatic rings. The molecule has 1 aromatic heterocycles. The van der Waals surface area contributed by atoms with E-state index in [9.17, 15) is 0 Å². The van der Waals surface area contributed by atoms with Crippen LogP contribution in [-0.4, -0.2) is 10.2 Å². The number of nitrogens with zero attached hydrogens (tertiary/aromatic N) is 1. The zero-order valence-electron chi connectivity index (χ0n) is 7.29. The van der Waals surface area contributed by atoms with Gasteiger partial charge < -0.3 is 11.5 Å². The van der Waals surface area contributed by atoms with Gasteiger partial charge in [-0.2, -0.15) is 5.10 Å². The van der Waals surface area contributed by atoms with Gasteiger partial charge in [0.1, 0.15) is 5.69 Å². The first-order valence-electron chi connectivity index (χ1n) is 4.03. The Balaban J connectivity index is 2.55. The van der Waals surface area contributed by atoms with Crippen molar-refractivity contribution in [3.8, 4) is 11.3 Å². The molecule has 1 aromatic carbocycles. The number of nitrogens with one attached hydrogen (secondary N) is 1. The van der Waals surface area contributed by atoms with Gasteiger partial charge in [-0.3, -0.25) is 5.10 Å². The number of nitrogens with two attached hydrogens (primary N) is 2. The first kappa shape index (κ1) is 9.08. The fourth-order valence-corrected chi connectivity index (χ4v) is 1.63. The van der Waals surface area contributed by atoms with Crippen LogP contribution < -0.4 is 11.5 Å². The number of aromatic nitrogens is 2. The Morgan fingerprint density at radius 3 is 2.64 bits per heavy atom. The van der Waals surface area contributed by atoms with Crippen LogP contribution in [0.2, 0.25) is 0 Å². The molecule has 0 amide bonds. The van der Waals surface area contributed by atoms with Crippen LogP contribution in [-0.2, 0) is 0 Å². The predicted octanol–water partition coefficient (Wildman–Crippen LogP) is 2.00. The lowest BCUT2D eigenvalue weighted by Gasteiger charge is -1.99. The SMILES string of the molecule is Nc1n[nH]c(-c2cccc(Br)c2)c1N. The zero-order chi connectivity index (χ0) is 10.1.